The highest BCUT2D eigenvalue weighted by molar-refractivity contribution is 7.99. The van der Waals surface area contributed by atoms with Crippen LogP contribution in [0.2, 0.25) is 0 Å². The van der Waals surface area contributed by atoms with Crippen molar-refractivity contribution < 1.29 is 9.53 Å². The molecule has 3 nitrogen and oxygen atoms in total. The Morgan fingerprint density at radius 2 is 2.13 bits per heavy atom. The minimum absolute atomic E-state index is 0.203. The van der Waals surface area contributed by atoms with Crippen LogP contribution < -0.4 is 0 Å². The number of hydrogen-bond acceptors (Lipinski definition) is 4. The van der Waals surface area contributed by atoms with Crippen molar-refractivity contribution in [2.45, 2.75) is 13.3 Å². The molecule has 0 aromatic rings. The van der Waals surface area contributed by atoms with Gasteiger partial charge in [0.25, 0.3) is 0 Å². The molecule has 0 spiro atoms. The number of thioether (sulfide) groups is 1. The van der Waals surface area contributed by atoms with E-state index in [0.29, 0.717) is 0 Å². The van der Waals surface area contributed by atoms with Gasteiger partial charge in [-0.05, 0) is 20.5 Å². The summed E-state index contributed by atoms with van der Waals surface area (Å²) in [5.74, 6) is 1.76. The highest BCUT2D eigenvalue weighted by Gasteiger charge is 2.05. The van der Waals surface area contributed by atoms with Gasteiger partial charge >= 0.3 is 5.97 Å². The Bertz CT molecular complexity index is 215. The molecule has 0 bridgehead atoms. The van der Waals surface area contributed by atoms with E-state index in [9.17, 15) is 4.79 Å². The predicted octanol–water partition coefficient (Wildman–Crippen LogP) is 1.79. The largest absolute Gasteiger partial charge is 0.466 e. The summed E-state index contributed by atoms with van der Waals surface area (Å²) in [5, 5.41) is 0. The van der Waals surface area contributed by atoms with Gasteiger partial charge in [-0.25, -0.2) is 4.79 Å². The number of methoxy groups -OCH3 is 1. The summed E-state index contributed by atoms with van der Waals surface area (Å²) < 4.78 is 4.67. The van der Waals surface area contributed by atoms with Crippen LogP contribution in [0, 0.1) is 0 Å². The van der Waals surface area contributed by atoms with Gasteiger partial charge in [-0.3, -0.25) is 0 Å². The Labute approximate surface area is 96.9 Å². The second-order valence-electron chi connectivity index (χ2n) is 3.45. The fourth-order valence-corrected chi connectivity index (χ4v) is 1.97. The smallest absolute Gasteiger partial charge is 0.333 e. The zero-order chi connectivity index (χ0) is 11.7. The van der Waals surface area contributed by atoms with Crippen LogP contribution >= 0.6 is 11.8 Å². The third-order valence-corrected chi connectivity index (χ3v) is 2.83. The number of hydrogen-bond donors (Lipinski definition) is 0. The van der Waals surface area contributed by atoms with Crippen molar-refractivity contribution in [3.8, 4) is 0 Å². The Morgan fingerprint density at radius 1 is 1.47 bits per heavy atom. The van der Waals surface area contributed by atoms with Gasteiger partial charge in [0, 0.05) is 23.6 Å². The molecule has 0 aliphatic rings. The molecule has 0 saturated carbocycles. The molecule has 0 amide bonds. The van der Waals surface area contributed by atoms with Gasteiger partial charge in [0.15, 0.2) is 0 Å². The SMILES string of the molecule is CCC(=CCSCCN(C)C)C(=O)OC. The molecule has 0 rings (SSSR count). The van der Waals surface area contributed by atoms with Crippen molar-refractivity contribution in [1.82, 2.24) is 4.90 Å². The second-order valence-corrected chi connectivity index (χ2v) is 4.60. The summed E-state index contributed by atoms with van der Waals surface area (Å²) in [6.45, 7) is 3.03. The van der Waals surface area contributed by atoms with Crippen molar-refractivity contribution in [3.63, 3.8) is 0 Å². The van der Waals surface area contributed by atoms with Crippen molar-refractivity contribution >= 4 is 17.7 Å². The number of esters is 1. The Hall–Kier alpha value is -0.480. The van der Waals surface area contributed by atoms with Gasteiger partial charge in [-0.15, -0.1) is 0 Å². The van der Waals surface area contributed by atoms with Gasteiger partial charge in [0.05, 0.1) is 7.11 Å². The van der Waals surface area contributed by atoms with E-state index in [2.05, 4.69) is 23.7 Å². The standard InChI is InChI=1S/C11H21NO2S/c1-5-10(11(13)14-4)6-8-15-9-7-12(2)3/h6H,5,7-9H2,1-4H3. The molecule has 0 fully saturated rings. The van der Waals surface area contributed by atoms with Gasteiger partial charge < -0.3 is 9.64 Å². The lowest BCUT2D eigenvalue weighted by atomic mass is 10.2. The van der Waals surface area contributed by atoms with E-state index in [1.54, 1.807) is 0 Å². The van der Waals surface area contributed by atoms with Crippen LogP contribution in [0.5, 0.6) is 0 Å². The Balaban J connectivity index is 3.77. The molecule has 0 N–H and O–H groups in total. The molecule has 88 valence electrons. The van der Waals surface area contributed by atoms with E-state index < -0.39 is 0 Å². The summed E-state index contributed by atoms with van der Waals surface area (Å²) >= 11 is 1.83. The monoisotopic (exact) mass is 231 g/mol. The van der Waals surface area contributed by atoms with E-state index in [1.165, 1.54) is 7.11 Å². The van der Waals surface area contributed by atoms with Crippen molar-refractivity contribution in [1.29, 1.82) is 0 Å². The molecule has 0 radical (unpaired) electrons. The van der Waals surface area contributed by atoms with Crippen LogP contribution in [0.3, 0.4) is 0 Å². The van der Waals surface area contributed by atoms with Gasteiger partial charge in [0.2, 0.25) is 0 Å². The Kier molecular flexibility index (Phi) is 8.52. The molecule has 0 unspecified atom stereocenters. The van der Waals surface area contributed by atoms with Crippen LogP contribution in [0.4, 0.5) is 0 Å². The molecule has 0 saturated heterocycles. The maximum atomic E-state index is 11.2. The van der Waals surface area contributed by atoms with Crippen molar-refractivity contribution in [2.75, 3.05) is 39.3 Å². The number of carbonyl (C=O) groups is 1. The maximum Gasteiger partial charge on any atom is 0.333 e. The van der Waals surface area contributed by atoms with E-state index in [4.69, 9.17) is 0 Å². The molecule has 0 heterocycles. The first-order chi connectivity index (χ1) is 7.11. The van der Waals surface area contributed by atoms with Gasteiger partial charge in [0.1, 0.15) is 0 Å². The lowest BCUT2D eigenvalue weighted by molar-refractivity contribution is -0.136. The second kappa shape index (κ2) is 8.80. The Morgan fingerprint density at radius 3 is 2.60 bits per heavy atom. The summed E-state index contributed by atoms with van der Waals surface area (Å²) in [4.78, 5) is 13.4. The van der Waals surface area contributed by atoms with Crippen LogP contribution in [-0.4, -0.2) is 50.1 Å². The topological polar surface area (TPSA) is 29.5 Å². The van der Waals surface area contributed by atoms with E-state index in [1.807, 2.05) is 24.8 Å². The third kappa shape index (κ3) is 7.45. The lowest BCUT2D eigenvalue weighted by Crippen LogP contribution is -2.14. The highest BCUT2D eigenvalue weighted by atomic mass is 32.2. The van der Waals surface area contributed by atoms with Gasteiger partial charge in [-0.1, -0.05) is 13.0 Å². The lowest BCUT2D eigenvalue weighted by Gasteiger charge is -2.07. The summed E-state index contributed by atoms with van der Waals surface area (Å²) in [6.07, 6.45) is 2.70. The maximum absolute atomic E-state index is 11.2. The fraction of sp³-hybridized carbons (Fsp3) is 0.727. The normalized spacial score (nSPS) is 11.9. The number of ether oxygens (including phenoxy) is 1. The number of carbonyl (C=O) groups excluding carboxylic acids is 1. The first kappa shape index (κ1) is 14.5. The first-order valence-corrected chi connectivity index (χ1v) is 6.27. The third-order valence-electron chi connectivity index (χ3n) is 1.96. The fourth-order valence-electron chi connectivity index (χ4n) is 0.993. The first-order valence-electron chi connectivity index (χ1n) is 5.11. The van der Waals surface area contributed by atoms with E-state index in [-0.39, 0.29) is 5.97 Å². The zero-order valence-electron chi connectivity index (χ0n) is 10.1. The van der Waals surface area contributed by atoms with Crippen LogP contribution in [0.25, 0.3) is 0 Å². The van der Waals surface area contributed by atoms with Crippen molar-refractivity contribution in [3.05, 3.63) is 11.6 Å². The molecular formula is C11H21NO2S. The number of rotatable bonds is 7. The minimum atomic E-state index is -0.203. The number of nitrogens with zero attached hydrogens (tertiary/aromatic N) is 1. The quantitative estimate of drug-likeness (QED) is 0.379. The van der Waals surface area contributed by atoms with Crippen LogP contribution in [0.1, 0.15) is 13.3 Å². The van der Waals surface area contributed by atoms with Crippen molar-refractivity contribution in [2.24, 2.45) is 0 Å². The minimum Gasteiger partial charge on any atom is -0.466 e. The molecular weight excluding hydrogens is 210 g/mol. The molecule has 0 aliphatic carbocycles. The van der Waals surface area contributed by atoms with E-state index >= 15 is 0 Å². The molecule has 15 heavy (non-hydrogen) atoms. The molecule has 0 aromatic heterocycles. The zero-order valence-corrected chi connectivity index (χ0v) is 10.9. The molecule has 4 heteroatoms. The predicted molar refractivity (Wildman–Crippen MR) is 66.3 cm³/mol. The summed E-state index contributed by atoms with van der Waals surface area (Å²) in [6, 6.07) is 0. The average molecular weight is 231 g/mol. The summed E-state index contributed by atoms with van der Waals surface area (Å²) in [5.41, 5.74) is 0.773. The molecule has 0 aromatic carbocycles. The van der Waals surface area contributed by atoms with Crippen LogP contribution in [0.15, 0.2) is 11.6 Å². The highest BCUT2D eigenvalue weighted by Crippen LogP contribution is 2.07. The molecule has 0 aliphatic heterocycles. The molecule has 0 atom stereocenters. The van der Waals surface area contributed by atoms with Gasteiger partial charge in [-0.2, -0.15) is 11.8 Å². The van der Waals surface area contributed by atoms with E-state index in [0.717, 1.165) is 30.0 Å². The van der Waals surface area contributed by atoms with Crippen LogP contribution in [-0.2, 0) is 9.53 Å². The summed E-state index contributed by atoms with van der Waals surface area (Å²) in [7, 11) is 5.54. The average Bonchev–Trinajstić information content (AvgIpc) is 2.22.